The van der Waals surface area contributed by atoms with E-state index in [1.807, 2.05) is 43.3 Å². The molecule has 24 heavy (non-hydrogen) atoms. The highest BCUT2D eigenvalue weighted by Crippen LogP contribution is 2.23. The van der Waals surface area contributed by atoms with E-state index >= 15 is 0 Å². The highest BCUT2D eigenvalue weighted by Gasteiger charge is 2.18. The lowest BCUT2D eigenvalue weighted by Crippen LogP contribution is -2.16. The van der Waals surface area contributed by atoms with Crippen LogP contribution in [0.15, 0.2) is 53.3 Å². The van der Waals surface area contributed by atoms with E-state index in [2.05, 4.69) is 38.0 Å². The van der Waals surface area contributed by atoms with Crippen molar-refractivity contribution in [1.29, 1.82) is 0 Å². The van der Waals surface area contributed by atoms with Crippen LogP contribution in [-0.2, 0) is 6.42 Å². The van der Waals surface area contributed by atoms with Crippen molar-refractivity contribution in [3.05, 3.63) is 75.7 Å². The summed E-state index contributed by atoms with van der Waals surface area (Å²) < 4.78 is 1.68. The molecule has 0 radical (unpaired) electrons. The molecule has 0 saturated carbocycles. The Morgan fingerprint density at radius 1 is 1.00 bits per heavy atom. The number of para-hydroxylation sites is 1. The minimum atomic E-state index is 0.0174. The van der Waals surface area contributed by atoms with E-state index in [-0.39, 0.29) is 5.56 Å². The third-order valence-corrected chi connectivity index (χ3v) is 4.27. The predicted octanol–water partition coefficient (Wildman–Crippen LogP) is 4.65. The van der Waals surface area contributed by atoms with Crippen LogP contribution in [0.3, 0.4) is 0 Å². The van der Waals surface area contributed by atoms with Crippen molar-refractivity contribution in [3.63, 3.8) is 0 Å². The summed E-state index contributed by atoms with van der Waals surface area (Å²) in [7, 11) is 0. The molecule has 0 fully saturated rings. The fourth-order valence-electron chi connectivity index (χ4n) is 3.04. The average molecular weight is 320 g/mol. The largest absolute Gasteiger partial charge is 0.294 e. The molecule has 3 heteroatoms. The Morgan fingerprint density at radius 2 is 1.67 bits per heavy atom. The second-order valence-corrected chi connectivity index (χ2v) is 6.86. The fraction of sp³-hybridized carbons (Fsp3) is 0.286. The van der Waals surface area contributed by atoms with Gasteiger partial charge in [0.1, 0.15) is 0 Å². The van der Waals surface area contributed by atoms with E-state index in [1.54, 1.807) is 4.68 Å². The zero-order chi connectivity index (χ0) is 17.3. The monoisotopic (exact) mass is 320 g/mol. The summed E-state index contributed by atoms with van der Waals surface area (Å²) in [5, 5.41) is 3.36. The number of nitrogens with zero attached hydrogens (tertiary/aromatic N) is 1. The molecule has 3 aromatic rings. The molecule has 0 aliphatic carbocycles. The first-order chi connectivity index (χ1) is 11.5. The summed E-state index contributed by atoms with van der Waals surface area (Å²) >= 11 is 0. The second kappa shape index (κ2) is 6.52. The Labute approximate surface area is 143 Å². The molecule has 1 aromatic heterocycles. The van der Waals surface area contributed by atoms with Crippen LogP contribution in [0.4, 0.5) is 0 Å². The Balaban J connectivity index is 2.22. The molecule has 3 nitrogen and oxygen atoms in total. The van der Waals surface area contributed by atoms with Gasteiger partial charge in [0.15, 0.2) is 0 Å². The van der Waals surface area contributed by atoms with E-state index in [4.69, 9.17) is 0 Å². The average Bonchev–Trinajstić information content (AvgIpc) is 2.84. The summed E-state index contributed by atoms with van der Waals surface area (Å²) in [4.78, 5) is 13.1. The number of H-pyrrole nitrogens is 1. The Kier molecular flexibility index (Phi) is 4.43. The molecular formula is C21H24N2O. The lowest BCUT2D eigenvalue weighted by atomic mass is 9.99. The van der Waals surface area contributed by atoms with Gasteiger partial charge in [-0.25, -0.2) is 4.68 Å². The molecule has 0 unspecified atom stereocenters. The lowest BCUT2D eigenvalue weighted by Gasteiger charge is -2.06. The smallest absolute Gasteiger partial charge is 0.279 e. The van der Waals surface area contributed by atoms with Crippen molar-refractivity contribution in [2.75, 3.05) is 0 Å². The summed E-state index contributed by atoms with van der Waals surface area (Å²) in [5.41, 5.74) is 5.96. The van der Waals surface area contributed by atoms with Gasteiger partial charge in [0, 0.05) is 5.69 Å². The molecule has 2 aromatic carbocycles. The zero-order valence-electron chi connectivity index (χ0n) is 14.8. The summed E-state index contributed by atoms with van der Waals surface area (Å²) in [6.45, 7) is 8.42. The topological polar surface area (TPSA) is 37.8 Å². The number of nitrogens with one attached hydrogen (secondary N) is 1. The van der Waals surface area contributed by atoms with Crippen LogP contribution in [0, 0.1) is 19.8 Å². The number of aryl methyl sites for hydroxylation is 2. The molecule has 0 amide bonds. The van der Waals surface area contributed by atoms with Gasteiger partial charge in [-0.2, -0.15) is 0 Å². The molecule has 0 saturated heterocycles. The standard InChI is InChI=1S/C21H24N2O/c1-14(2)13-18-20(17-11-9-15(3)10-12-17)21(24)23(22-18)19-8-6-5-7-16(19)4/h5-12,14,22H,13H2,1-4H3. The molecule has 0 spiro atoms. The third-order valence-electron chi connectivity index (χ3n) is 4.27. The van der Waals surface area contributed by atoms with Gasteiger partial charge >= 0.3 is 0 Å². The molecule has 0 aliphatic heterocycles. The van der Waals surface area contributed by atoms with Gasteiger partial charge in [-0.15, -0.1) is 0 Å². The van der Waals surface area contributed by atoms with E-state index in [0.29, 0.717) is 5.92 Å². The maximum absolute atomic E-state index is 13.1. The van der Waals surface area contributed by atoms with E-state index < -0.39 is 0 Å². The van der Waals surface area contributed by atoms with Crippen molar-refractivity contribution < 1.29 is 0 Å². The SMILES string of the molecule is Cc1ccc(-c2c(CC(C)C)[nH]n(-c3ccccc3C)c2=O)cc1. The molecule has 0 aliphatic rings. The quantitative estimate of drug-likeness (QED) is 0.746. The van der Waals surface area contributed by atoms with Gasteiger partial charge in [-0.3, -0.25) is 9.89 Å². The number of hydrogen-bond acceptors (Lipinski definition) is 1. The minimum absolute atomic E-state index is 0.0174. The van der Waals surface area contributed by atoms with Gasteiger partial charge in [0.2, 0.25) is 0 Å². The molecule has 1 N–H and O–H groups in total. The first-order valence-electron chi connectivity index (χ1n) is 8.44. The van der Waals surface area contributed by atoms with Gasteiger partial charge in [0.05, 0.1) is 11.3 Å². The summed E-state index contributed by atoms with van der Waals surface area (Å²) in [6, 6.07) is 16.1. The molecular weight excluding hydrogens is 296 g/mol. The van der Waals surface area contributed by atoms with Gasteiger partial charge in [-0.05, 0) is 43.4 Å². The number of rotatable bonds is 4. The highest BCUT2D eigenvalue weighted by atomic mass is 16.1. The number of aromatic amines is 1. The maximum Gasteiger partial charge on any atom is 0.279 e. The Hall–Kier alpha value is -2.55. The zero-order valence-corrected chi connectivity index (χ0v) is 14.8. The van der Waals surface area contributed by atoms with Crippen LogP contribution < -0.4 is 5.56 Å². The predicted molar refractivity (Wildman–Crippen MR) is 99.8 cm³/mol. The molecule has 124 valence electrons. The number of benzene rings is 2. The number of aromatic nitrogens is 2. The molecule has 0 atom stereocenters. The fourth-order valence-corrected chi connectivity index (χ4v) is 3.04. The molecule has 3 rings (SSSR count). The van der Waals surface area contributed by atoms with Crippen LogP contribution in [-0.4, -0.2) is 9.78 Å². The second-order valence-electron chi connectivity index (χ2n) is 6.86. The summed E-state index contributed by atoms with van der Waals surface area (Å²) in [6.07, 6.45) is 0.845. The molecule has 0 bridgehead atoms. The van der Waals surface area contributed by atoms with Crippen molar-refractivity contribution in [3.8, 4) is 16.8 Å². The number of hydrogen-bond donors (Lipinski definition) is 1. The van der Waals surface area contributed by atoms with E-state index in [0.717, 1.165) is 34.5 Å². The Morgan fingerprint density at radius 3 is 2.29 bits per heavy atom. The normalized spacial score (nSPS) is 11.2. The highest BCUT2D eigenvalue weighted by molar-refractivity contribution is 5.66. The lowest BCUT2D eigenvalue weighted by molar-refractivity contribution is 0.628. The molecule has 1 heterocycles. The van der Waals surface area contributed by atoms with Crippen LogP contribution >= 0.6 is 0 Å². The van der Waals surface area contributed by atoms with Gasteiger partial charge in [-0.1, -0.05) is 61.9 Å². The van der Waals surface area contributed by atoms with E-state index in [9.17, 15) is 4.79 Å². The van der Waals surface area contributed by atoms with Crippen molar-refractivity contribution in [1.82, 2.24) is 9.78 Å². The van der Waals surface area contributed by atoms with Gasteiger partial charge < -0.3 is 0 Å². The minimum Gasteiger partial charge on any atom is -0.294 e. The van der Waals surface area contributed by atoms with Gasteiger partial charge in [0.25, 0.3) is 5.56 Å². The van der Waals surface area contributed by atoms with Crippen molar-refractivity contribution in [2.24, 2.45) is 5.92 Å². The first-order valence-corrected chi connectivity index (χ1v) is 8.44. The van der Waals surface area contributed by atoms with Crippen LogP contribution in [0.5, 0.6) is 0 Å². The van der Waals surface area contributed by atoms with Crippen LogP contribution in [0.1, 0.15) is 30.7 Å². The Bertz CT molecular complexity index is 898. The maximum atomic E-state index is 13.1. The van der Waals surface area contributed by atoms with Crippen molar-refractivity contribution >= 4 is 0 Å². The summed E-state index contributed by atoms with van der Waals surface area (Å²) in [5.74, 6) is 0.470. The van der Waals surface area contributed by atoms with Crippen LogP contribution in [0.25, 0.3) is 16.8 Å². The van der Waals surface area contributed by atoms with Crippen LogP contribution in [0.2, 0.25) is 0 Å². The first kappa shape index (κ1) is 16.3. The van der Waals surface area contributed by atoms with Crippen molar-refractivity contribution in [2.45, 2.75) is 34.1 Å². The van der Waals surface area contributed by atoms with E-state index in [1.165, 1.54) is 5.56 Å². The third kappa shape index (κ3) is 3.07.